The van der Waals surface area contributed by atoms with E-state index in [-0.39, 0.29) is 0 Å². The van der Waals surface area contributed by atoms with E-state index in [0.717, 1.165) is 13.5 Å². The van der Waals surface area contributed by atoms with Crippen LogP contribution in [0.25, 0.3) is 0 Å². The van der Waals surface area contributed by atoms with Gasteiger partial charge in [-0.2, -0.15) is 0 Å². The topological polar surface area (TPSA) is 43.1 Å². The number of benzene rings is 13. The van der Waals surface area contributed by atoms with Crippen molar-refractivity contribution in [3.63, 3.8) is 0 Å². The molecule has 0 unspecified atom stereocenters. The van der Waals surface area contributed by atoms with Crippen molar-refractivity contribution in [2.75, 3.05) is 7.05 Å². The molecule has 3 nitrogen and oxygen atoms in total. The van der Waals surface area contributed by atoms with Crippen molar-refractivity contribution in [1.29, 1.82) is 0 Å². The van der Waals surface area contributed by atoms with Gasteiger partial charge in [-0.3, -0.25) is 10.1 Å². The van der Waals surface area contributed by atoms with Gasteiger partial charge in [-0.25, -0.2) is 0 Å². The van der Waals surface area contributed by atoms with E-state index >= 15 is 0 Å². The molecule has 0 aliphatic rings. The predicted molar refractivity (Wildman–Crippen MR) is 463 cm³/mol. The molecule has 0 saturated carbocycles. The summed E-state index contributed by atoms with van der Waals surface area (Å²) in [6.45, 7) is 15.1. The number of aryl methyl sites for hydroxylation is 3. The summed E-state index contributed by atoms with van der Waals surface area (Å²) in [6, 6.07) is 113. The molecule has 0 saturated heterocycles. The summed E-state index contributed by atoms with van der Waals surface area (Å²) < 4.78 is 201. The average Bonchev–Trinajstić information content (AvgIpc) is 0.838. The average molecular weight is 1940 g/mol. The van der Waals surface area contributed by atoms with Crippen LogP contribution >= 0.6 is 0 Å². The Labute approximate surface area is 693 Å². The molecule has 0 fully saturated rings. The van der Waals surface area contributed by atoms with Crippen molar-refractivity contribution in [1.82, 2.24) is 0 Å². The van der Waals surface area contributed by atoms with Crippen LogP contribution in [-0.4, -0.2) is 107 Å². The van der Waals surface area contributed by atoms with E-state index in [0.29, 0.717) is 50.0 Å². The molecule has 0 N–H and O–H groups in total. The van der Waals surface area contributed by atoms with E-state index in [9.17, 15) is 65.9 Å². The second-order valence-electron chi connectivity index (χ2n) is 26.0. The predicted octanol–water partition coefficient (Wildman–Crippen LogP) is 18.8. The third-order valence-corrected chi connectivity index (χ3v) is 37.0. The molecule has 116 heavy (non-hydrogen) atoms. The molecule has 0 aliphatic heterocycles. The van der Waals surface area contributed by atoms with Gasteiger partial charge in [0.2, 0.25) is 0 Å². The fourth-order valence-electron chi connectivity index (χ4n) is 9.76. The van der Waals surface area contributed by atoms with Crippen LogP contribution in [0.15, 0.2) is 394 Å². The van der Waals surface area contributed by atoms with E-state index in [1.54, 1.807) is 303 Å². The minimum absolute atomic E-state index is 0.415. The second kappa shape index (κ2) is 51.8. The van der Waals surface area contributed by atoms with E-state index in [1.165, 1.54) is 16.7 Å². The van der Waals surface area contributed by atoms with E-state index in [2.05, 4.69) is 97.0 Å². The first-order valence-electron chi connectivity index (χ1n) is 35.9. The van der Waals surface area contributed by atoms with Crippen LogP contribution < -0.4 is 44.6 Å². The molecule has 0 radical (unpaired) electrons. The zero-order valence-electron chi connectivity index (χ0n) is 64.9. The maximum absolute atomic E-state index is 13.2. The van der Waals surface area contributed by atoms with Gasteiger partial charge < -0.3 is 0 Å². The molecule has 23 heteroatoms. The maximum atomic E-state index is 13.2. The van der Waals surface area contributed by atoms with Gasteiger partial charge in [0.25, 0.3) is 0 Å². The van der Waals surface area contributed by atoms with Gasteiger partial charge in [0.1, 0.15) is 0 Å². The fourth-order valence-corrected chi connectivity index (χ4v) is 28.9. The molecule has 0 spiro atoms. The summed E-state index contributed by atoms with van der Waals surface area (Å²) in [5.41, 5.74) is 4.55. The summed E-state index contributed by atoms with van der Waals surface area (Å²) in [7, 11) is 0.889. The molecule has 0 atom stereocenters. The zero-order valence-corrected chi connectivity index (χ0v) is 74.3. The quantitative estimate of drug-likeness (QED) is 0.0561. The Hall–Kier alpha value is -9.19. The molecule has 0 bridgehead atoms. The molecular formula is C93H96F15NO2Se5. The third kappa shape index (κ3) is 40.6. The van der Waals surface area contributed by atoms with Crippen LogP contribution in [0.2, 0.25) is 0 Å². The van der Waals surface area contributed by atoms with Crippen LogP contribution in [0.3, 0.4) is 0 Å². The SMILES string of the molecule is CC(C)(C)C.CCc1ccccc1.C[N+](=O)[O-].Cc1ccccc1.Cc1ccccc1.FC(F)(F)[SeH](c1ccccc1)c1ccccc1.FC(F)(F)[SeH](c1ccccc1)c1ccccc1.FC(F)(F)[SeH](c1ccccc1)c1ccccc1.FC(F)(F)[SeH](c1ccccc1)c1ccccc1.FC(F)(F)[SeH](c1ccccc1)c1ccccc1. The van der Waals surface area contributed by atoms with Crippen molar-refractivity contribution in [3.8, 4) is 0 Å². The van der Waals surface area contributed by atoms with Crippen LogP contribution in [0.1, 0.15) is 51.3 Å². The Morgan fingerprint density at radius 3 is 0.397 bits per heavy atom. The van der Waals surface area contributed by atoms with Gasteiger partial charge in [0.15, 0.2) is 7.05 Å². The summed E-state index contributed by atoms with van der Waals surface area (Å²) in [5.74, 6) is 0. The van der Waals surface area contributed by atoms with Crippen molar-refractivity contribution >= 4 is 114 Å². The molecule has 0 amide bonds. The molecule has 0 aromatic heterocycles. The zero-order chi connectivity index (χ0) is 85.6. The minimum atomic E-state index is -4.13. The third-order valence-electron chi connectivity index (χ3n) is 14.5. The molecule has 13 rings (SSSR count). The van der Waals surface area contributed by atoms with Crippen LogP contribution in [-0.2, 0) is 6.42 Å². The van der Waals surface area contributed by atoms with Crippen molar-refractivity contribution in [2.45, 2.75) is 80.3 Å². The van der Waals surface area contributed by atoms with Gasteiger partial charge in [-0.05, 0) is 31.2 Å². The number of hydrogen-bond donors (Lipinski definition) is 0. The first-order chi connectivity index (χ1) is 54.9. The normalized spacial score (nSPS) is 11.4. The van der Waals surface area contributed by atoms with Crippen molar-refractivity contribution in [3.05, 3.63) is 421 Å². The number of halogens is 15. The van der Waals surface area contributed by atoms with Crippen molar-refractivity contribution < 1.29 is 70.8 Å². The van der Waals surface area contributed by atoms with E-state index in [1.807, 2.05) is 42.5 Å². The second-order valence-corrected chi connectivity index (χ2v) is 49.2. The summed E-state index contributed by atoms with van der Waals surface area (Å²) >= 11 is -16.1. The van der Waals surface area contributed by atoms with Gasteiger partial charge in [-0.15, -0.1) is 0 Å². The van der Waals surface area contributed by atoms with Crippen LogP contribution in [0, 0.1) is 29.4 Å². The van der Waals surface area contributed by atoms with Gasteiger partial charge >= 0.3 is 509 Å². The number of rotatable bonds is 11. The van der Waals surface area contributed by atoms with Gasteiger partial charge in [0.05, 0.1) is 0 Å². The standard InChI is InChI=1S/5C13H11F3Se.C8H10.2C7H8.C5H12.CH3NO2/c5*14-13(15,16)17(11-7-3-1-4-8-11)12-9-5-2-6-10-12;1-2-8-6-4-3-5-7-8;2*1-7-5-3-2-4-6-7;1-5(2,3)4;1-2(3)4/h5*1-10,17H;3-7H,2H2,1H3;2*2-6H,1H3;1-4H3;1H3. The molecule has 13 aromatic rings. The Morgan fingerprint density at radius 1 is 0.233 bits per heavy atom. The number of nitro groups is 1. The Balaban J connectivity index is 0.000000280. The van der Waals surface area contributed by atoms with Crippen LogP contribution in [0.4, 0.5) is 65.9 Å². The molecule has 13 aromatic carbocycles. The number of alkyl halides is 15. The summed E-state index contributed by atoms with van der Waals surface area (Å²) in [4.78, 5) is 8.31. The molecule has 0 aliphatic carbocycles. The summed E-state index contributed by atoms with van der Waals surface area (Å²) in [6.07, 6.45) is 1.14. The van der Waals surface area contributed by atoms with E-state index < -0.39 is 99.8 Å². The van der Waals surface area contributed by atoms with Gasteiger partial charge in [-0.1, -0.05) is 137 Å². The first-order valence-corrected chi connectivity index (χ1v) is 50.0. The number of nitrogens with zero attached hydrogens (tertiary/aromatic N) is 1. The van der Waals surface area contributed by atoms with Gasteiger partial charge in [0, 0.05) is 4.92 Å². The first kappa shape index (κ1) is 99.2. The fraction of sp³-hybridized carbons (Fsp3) is 0.161. The molecule has 0 heterocycles. The van der Waals surface area contributed by atoms with Crippen LogP contribution in [0.5, 0.6) is 0 Å². The monoisotopic (exact) mass is 1940 g/mol. The Morgan fingerprint density at radius 2 is 0.328 bits per heavy atom. The number of hydrogen-bond acceptors (Lipinski definition) is 2. The Kier molecular flexibility index (Phi) is 44.3. The van der Waals surface area contributed by atoms with E-state index in [4.69, 9.17) is 10.1 Å². The summed E-state index contributed by atoms with van der Waals surface area (Å²) in [5, 5.41) is -11.8. The van der Waals surface area contributed by atoms with Crippen molar-refractivity contribution in [2.24, 2.45) is 5.41 Å². The molecular weight excluding hydrogens is 1840 g/mol. The Bertz CT molecular complexity index is 3870. The molecule has 620 valence electrons.